The average Bonchev–Trinajstić information content (AvgIpc) is 3.31. The molecule has 0 aliphatic carbocycles. The van der Waals surface area contributed by atoms with Crippen LogP contribution in [0.3, 0.4) is 0 Å². The normalized spacial score (nSPS) is 18.4. The molecule has 140 valence electrons. The summed E-state index contributed by atoms with van der Waals surface area (Å²) >= 11 is 1.15. The average molecular weight is 397 g/mol. The summed E-state index contributed by atoms with van der Waals surface area (Å²) in [5.74, 6) is -0.971. The number of aryl methyl sites for hydroxylation is 1. The first-order chi connectivity index (χ1) is 12.4. The minimum Gasteiger partial charge on any atom is -0.469 e. The van der Waals surface area contributed by atoms with E-state index in [1.54, 1.807) is 24.4 Å². The number of hydrogen-bond donors (Lipinski definition) is 2. The third-order valence-corrected chi connectivity index (χ3v) is 7.48. The molecule has 1 saturated heterocycles. The Bertz CT molecular complexity index is 889. The van der Waals surface area contributed by atoms with Gasteiger partial charge in [-0.3, -0.25) is 20.4 Å². The second-order valence-electron chi connectivity index (χ2n) is 5.97. The summed E-state index contributed by atoms with van der Waals surface area (Å²) in [5, 5.41) is 1.70. The number of thiophene rings is 1. The number of amides is 2. The van der Waals surface area contributed by atoms with Gasteiger partial charge in [-0.15, -0.1) is 11.3 Å². The van der Waals surface area contributed by atoms with Crippen LogP contribution in [0.1, 0.15) is 29.0 Å². The molecule has 1 aliphatic heterocycles. The fourth-order valence-electron chi connectivity index (χ4n) is 2.82. The first-order valence-electron chi connectivity index (χ1n) is 8.07. The molecule has 0 spiro atoms. The van der Waals surface area contributed by atoms with Crippen molar-refractivity contribution in [2.24, 2.45) is 5.92 Å². The number of rotatable bonds is 4. The second-order valence-corrected chi connectivity index (χ2v) is 9.08. The minimum atomic E-state index is -3.59. The highest BCUT2D eigenvalue weighted by Crippen LogP contribution is 2.26. The van der Waals surface area contributed by atoms with Crippen LogP contribution in [0.15, 0.2) is 38.5 Å². The molecule has 2 aromatic rings. The number of furan rings is 1. The van der Waals surface area contributed by atoms with Gasteiger partial charge in [0.25, 0.3) is 15.9 Å². The fourth-order valence-corrected chi connectivity index (χ4v) is 5.49. The third kappa shape index (κ3) is 3.81. The number of carbonyl (C=O) groups is 2. The summed E-state index contributed by atoms with van der Waals surface area (Å²) in [6.45, 7) is 2.11. The molecule has 1 fully saturated rings. The van der Waals surface area contributed by atoms with E-state index in [1.807, 2.05) is 0 Å². The Kier molecular flexibility index (Phi) is 5.44. The number of nitrogens with one attached hydrogen (secondary N) is 2. The van der Waals surface area contributed by atoms with Crippen molar-refractivity contribution in [2.45, 2.75) is 24.0 Å². The molecule has 0 saturated carbocycles. The lowest BCUT2D eigenvalue weighted by atomic mass is 9.99. The minimum absolute atomic E-state index is 0.0900. The van der Waals surface area contributed by atoms with E-state index in [0.29, 0.717) is 30.7 Å². The van der Waals surface area contributed by atoms with Crippen LogP contribution < -0.4 is 10.9 Å². The quantitative estimate of drug-likeness (QED) is 0.760. The predicted molar refractivity (Wildman–Crippen MR) is 94.9 cm³/mol. The van der Waals surface area contributed by atoms with Crippen LogP contribution in [0.5, 0.6) is 0 Å². The molecule has 0 bridgehead atoms. The standard InChI is InChI=1S/C16H19N3O5S2/c1-11-13(6-8-24-11)16(21)18-17-15(20)12-4-2-7-19(10-12)26(22,23)14-5-3-9-25-14/h3,5-6,8-9,12H,2,4,7,10H2,1H3,(H,17,20)(H,18,21)/t12-/m0/s1. The van der Waals surface area contributed by atoms with Gasteiger partial charge in [-0.1, -0.05) is 6.07 Å². The number of nitrogens with zero attached hydrogens (tertiary/aromatic N) is 1. The van der Waals surface area contributed by atoms with Gasteiger partial charge in [0.15, 0.2) is 0 Å². The van der Waals surface area contributed by atoms with Crippen LogP contribution in [0, 0.1) is 12.8 Å². The summed E-state index contributed by atoms with van der Waals surface area (Å²) in [5.41, 5.74) is 5.04. The summed E-state index contributed by atoms with van der Waals surface area (Å²) < 4.78 is 31.8. The molecule has 3 rings (SSSR count). The molecule has 3 heterocycles. The van der Waals surface area contributed by atoms with Gasteiger partial charge in [0.05, 0.1) is 17.7 Å². The Hall–Kier alpha value is -2.17. The summed E-state index contributed by atoms with van der Waals surface area (Å²) in [7, 11) is -3.59. The van der Waals surface area contributed by atoms with E-state index in [1.165, 1.54) is 16.6 Å². The Labute approximate surface area is 155 Å². The number of carbonyl (C=O) groups excluding carboxylic acids is 2. The molecule has 10 heteroatoms. The highest BCUT2D eigenvalue weighted by Gasteiger charge is 2.34. The Balaban J connectivity index is 1.60. The third-order valence-electron chi connectivity index (χ3n) is 4.25. The maximum atomic E-state index is 12.6. The molecule has 2 N–H and O–H groups in total. The van der Waals surface area contributed by atoms with E-state index >= 15 is 0 Å². The molecule has 8 nitrogen and oxygen atoms in total. The SMILES string of the molecule is Cc1occc1C(=O)NNC(=O)[C@H]1CCCN(S(=O)(=O)c2cccs2)C1. The van der Waals surface area contributed by atoms with Crippen LogP contribution in [-0.4, -0.2) is 37.6 Å². The summed E-state index contributed by atoms with van der Waals surface area (Å²) in [4.78, 5) is 24.4. The first-order valence-corrected chi connectivity index (χ1v) is 10.4. The first kappa shape index (κ1) is 18.6. The Morgan fingerprint density at radius 1 is 1.31 bits per heavy atom. The fraction of sp³-hybridized carbons (Fsp3) is 0.375. The predicted octanol–water partition coefficient (Wildman–Crippen LogP) is 1.51. The van der Waals surface area contributed by atoms with E-state index in [-0.39, 0.29) is 10.8 Å². The lowest BCUT2D eigenvalue weighted by molar-refractivity contribution is -0.126. The zero-order valence-corrected chi connectivity index (χ0v) is 15.7. The van der Waals surface area contributed by atoms with Crippen molar-refractivity contribution in [3.8, 4) is 0 Å². The summed E-state index contributed by atoms with van der Waals surface area (Å²) in [6.07, 6.45) is 2.53. The van der Waals surface area contributed by atoms with Crippen molar-refractivity contribution in [3.05, 3.63) is 41.2 Å². The molecule has 2 aromatic heterocycles. The zero-order valence-electron chi connectivity index (χ0n) is 14.1. The Morgan fingerprint density at radius 3 is 2.77 bits per heavy atom. The zero-order chi connectivity index (χ0) is 18.7. The molecule has 1 atom stereocenters. The van der Waals surface area contributed by atoms with Crippen molar-refractivity contribution in [3.63, 3.8) is 0 Å². The Morgan fingerprint density at radius 2 is 2.12 bits per heavy atom. The molecular formula is C16H19N3O5S2. The van der Waals surface area contributed by atoms with Gasteiger partial charge in [0, 0.05) is 13.1 Å². The van der Waals surface area contributed by atoms with Crippen molar-refractivity contribution in [1.29, 1.82) is 0 Å². The van der Waals surface area contributed by atoms with E-state index in [0.717, 1.165) is 11.3 Å². The number of sulfonamides is 1. The maximum absolute atomic E-state index is 12.6. The molecule has 0 aromatic carbocycles. The number of piperidine rings is 1. The van der Waals surface area contributed by atoms with E-state index < -0.39 is 27.8 Å². The van der Waals surface area contributed by atoms with Gasteiger partial charge in [0.2, 0.25) is 5.91 Å². The van der Waals surface area contributed by atoms with Crippen LogP contribution in [0.4, 0.5) is 0 Å². The lowest BCUT2D eigenvalue weighted by Crippen LogP contribution is -2.49. The molecule has 1 aliphatic rings. The van der Waals surface area contributed by atoms with Gasteiger partial charge in [-0.2, -0.15) is 4.31 Å². The topological polar surface area (TPSA) is 109 Å². The molecule has 0 unspecified atom stereocenters. The van der Waals surface area contributed by atoms with Gasteiger partial charge >= 0.3 is 0 Å². The van der Waals surface area contributed by atoms with Crippen LogP contribution in [0.2, 0.25) is 0 Å². The van der Waals surface area contributed by atoms with Crippen molar-refractivity contribution < 1.29 is 22.4 Å². The highest BCUT2D eigenvalue weighted by molar-refractivity contribution is 7.91. The van der Waals surface area contributed by atoms with E-state index in [2.05, 4.69) is 10.9 Å². The number of hydrogen-bond acceptors (Lipinski definition) is 6. The van der Waals surface area contributed by atoms with Crippen LogP contribution in [0.25, 0.3) is 0 Å². The van der Waals surface area contributed by atoms with Gasteiger partial charge < -0.3 is 4.42 Å². The number of hydrazine groups is 1. The molecular weight excluding hydrogens is 378 g/mol. The molecule has 26 heavy (non-hydrogen) atoms. The van der Waals surface area contributed by atoms with Crippen molar-refractivity contribution in [2.75, 3.05) is 13.1 Å². The molecule has 2 amide bonds. The molecule has 0 radical (unpaired) electrons. The van der Waals surface area contributed by atoms with E-state index in [9.17, 15) is 18.0 Å². The smallest absolute Gasteiger partial charge is 0.273 e. The highest BCUT2D eigenvalue weighted by atomic mass is 32.2. The van der Waals surface area contributed by atoms with Crippen LogP contribution >= 0.6 is 11.3 Å². The summed E-state index contributed by atoms with van der Waals surface area (Å²) in [6, 6.07) is 4.74. The maximum Gasteiger partial charge on any atom is 0.273 e. The second kappa shape index (κ2) is 7.60. The largest absolute Gasteiger partial charge is 0.469 e. The lowest BCUT2D eigenvalue weighted by Gasteiger charge is -2.30. The van der Waals surface area contributed by atoms with E-state index in [4.69, 9.17) is 4.42 Å². The van der Waals surface area contributed by atoms with Crippen molar-refractivity contribution >= 4 is 33.2 Å². The van der Waals surface area contributed by atoms with Gasteiger partial charge in [-0.05, 0) is 37.3 Å². The monoisotopic (exact) mass is 397 g/mol. The van der Waals surface area contributed by atoms with Crippen LogP contribution in [-0.2, 0) is 14.8 Å². The van der Waals surface area contributed by atoms with Gasteiger partial charge in [-0.25, -0.2) is 8.42 Å². The van der Waals surface area contributed by atoms with Crippen molar-refractivity contribution in [1.82, 2.24) is 15.2 Å². The van der Waals surface area contributed by atoms with Gasteiger partial charge in [0.1, 0.15) is 9.97 Å².